The van der Waals surface area contributed by atoms with Crippen LogP contribution < -0.4 is 10.1 Å². The molecule has 0 aliphatic heterocycles. The normalized spacial score (nSPS) is 17.6. The number of furan rings is 1. The molecule has 1 aliphatic carbocycles. The lowest BCUT2D eigenvalue weighted by molar-refractivity contribution is 0.0186. The standard InChI is InChI=1S/C24H22N2O4/c25-14-17-7-9-19(10-8-17)29-15-20-11-12-22(30-20)23(27)26-16-24(28)13-3-5-18-4-1-2-6-21(18)24/h1-2,4,6-12,28H,3,5,13,15-16H2,(H,26,27). The molecule has 1 aliphatic rings. The monoisotopic (exact) mass is 402 g/mol. The first kappa shape index (κ1) is 19.7. The zero-order valence-corrected chi connectivity index (χ0v) is 16.4. The molecule has 1 atom stereocenters. The molecule has 1 aromatic heterocycles. The lowest BCUT2D eigenvalue weighted by Gasteiger charge is -2.34. The quantitative estimate of drug-likeness (QED) is 0.656. The second kappa shape index (κ2) is 8.44. The van der Waals surface area contributed by atoms with Crippen LogP contribution in [0.15, 0.2) is 65.1 Å². The smallest absolute Gasteiger partial charge is 0.287 e. The molecule has 4 rings (SSSR count). The van der Waals surface area contributed by atoms with E-state index in [-0.39, 0.29) is 24.8 Å². The second-order valence-corrected chi connectivity index (χ2v) is 7.42. The molecular weight excluding hydrogens is 380 g/mol. The number of amides is 1. The molecule has 1 amide bonds. The Morgan fingerprint density at radius 1 is 1.17 bits per heavy atom. The highest BCUT2D eigenvalue weighted by Gasteiger charge is 2.34. The largest absolute Gasteiger partial charge is 0.486 e. The van der Waals surface area contributed by atoms with Crippen LogP contribution >= 0.6 is 0 Å². The van der Waals surface area contributed by atoms with Gasteiger partial charge in [-0.3, -0.25) is 4.79 Å². The fourth-order valence-corrected chi connectivity index (χ4v) is 3.75. The van der Waals surface area contributed by atoms with Crippen molar-refractivity contribution in [3.05, 3.63) is 88.9 Å². The van der Waals surface area contributed by atoms with Gasteiger partial charge in [-0.25, -0.2) is 0 Å². The number of carbonyl (C=O) groups is 1. The number of fused-ring (bicyclic) bond motifs is 1. The summed E-state index contributed by atoms with van der Waals surface area (Å²) in [6, 6.07) is 19.9. The van der Waals surface area contributed by atoms with Crippen LogP contribution in [0.3, 0.4) is 0 Å². The third-order valence-electron chi connectivity index (χ3n) is 5.35. The zero-order chi connectivity index (χ0) is 21.0. The third-order valence-corrected chi connectivity index (χ3v) is 5.35. The minimum Gasteiger partial charge on any atom is -0.486 e. The Morgan fingerprint density at radius 3 is 2.77 bits per heavy atom. The van der Waals surface area contributed by atoms with E-state index in [1.807, 2.05) is 24.3 Å². The van der Waals surface area contributed by atoms with Gasteiger partial charge in [-0.2, -0.15) is 5.26 Å². The molecule has 0 spiro atoms. The van der Waals surface area contributed by atoms with Crippen LogP contribution in [0.1, 0.15) is 45.8 Å². The Kier molecular flexibility index (Phi) is 5.55. The molecule has 1 heterocycles. The molecule has 2 aromatic carbocycles. The molecule has 0 radical (unpaired) electrons. The Labute approximate surface area is 174 Å². The number of hydrogen-bond acceptors (Lipinski definition) is 5. The number of ether oxygens (including phenoxy) is 1. The highest BCUT2D eigenvalue weighted by molar-refractivity contribution is 5.91. The summed E-state index contributed by atoms with van der Waals surface area (Å²) in [6.45, 7) is 0.289. The summed E-state index contributed by atoms with van der Waals surface area (Å²) in [4.78, 5) is 12.5. The summed E-state index contributed by atoms with van der Waals surface area (Å²) in [5, 5.41) is 22.7. The first-order valence-electron chi connectivity index (χ1n) is 9.88. The van der Waals surface area contributed by atoms with Crippen molar-refractivity contribution in [2.45, 2.75) is 31.5 Å². The van der Waals surface area contributed by atoms with Gasteiger partial charge in [0.25, 0.3) is 5.91 Å². The number of benzene rings is 2. The highest BCUT2D eigenvalue weighted by Crippen LogP contribution is 2.34. The Balaban J connectivity index is 1.35. The van der Waals surface area contributed by atoms with E-state index in [1.165, 1.54) is 0 Å². The van der Waals surface area contributed by atoms with Gasteiger partial charge < -0.3 is 19.6 Å². The van der Waals surface area contributed by atoms with Gasteiger partial charge in [-0.05, 0) is 66.8 Å². The molecule has 152 valence electrons. The summed E-state index contributed by atoms with van der Waals surface area (Å²) < 4.78 is 11.2. The Bertz CT molecular complexity index is 1080. The van der Waals surface area contributed by atoms with Crippen LogP contribution in [-0.4, -0.2) is 17.6 Å². The zero-order valence-electron chi connectivity index (χ0n) is 16.4. The summed E-state index contributed by atoms with van der Waals surface area (Å²) in [5.41, 5.74) is 1.49. The molecule has 3 aromatic rings. The van der Waals surface area contributed by atoms with E-state index in [2.05, 4.69) is 11.4 Å². The number of nitrogens with zero attached hydrogens (tertiary/aromatic N) is 1. The van der Waals surface area contributed by atoms with Crippen molar-refractivity contribution in [1.29, 1.82) is 5.26 Å². The van der Waals surface area contributed by atoms with E-state index in [0.29, 0.717) is 23.5 Å². The van der Waals surface area contributed by atoms with Gasteiger partial charge in [0.15, 0.2) is 5.76 Å². The van der Waals surface area contributed by atoms with Gasteiger partial charge >= 0.3 is 0 Å². The third kappa shape index (κ3) is 4.22. The van der Waals surface area contributed by atoms with Crippen LogP contribution in [0, 0.1) is 11.3 Å². The SMILES string of the molecule is N#Cc1ccc(OCc2ccc(C(=O)NCC3(O)CCCc4ccccc43)o2)cc1. The number of nitrogens with one attached hydrogen (secondary N) is 1. The molecule has 0 fully saturated rings. The van der Waals surface area contributed by atoms with Crippen LogP contribution in [0.4, 0.5) is 0 Å². The molecule has 1 unspecified atom stereocenters. The lowest BCUT2D eigenvalue weighted by atomic mass is 9.79. The molecule has 0 bridgehead atoms. The summed E-state index contributed by atoms with van der Waals surface area (Å²) >= 11 is 0. The maximum absolute atomic E-state index is 12.5. The fourth-order valence-electron chi connectivity index (χ4n) is 3.75. The average Bonchev–Trinajstić information content (AvgIpc) is 3.26. The predicted octanol–water partition coefficient (Wildman–Crippen LogP) is 3.68. The van der Waals surface area contributed by atoms with Crippen molar-refractivity contribution in [2.75, 3.05) is 6.54 Å². The number of hydrogen-bond donors (Lipinski definition) is 2. The molecule has 0 saturated heterocycles. The minimum atomic E-state index is -1.07. The summed E-state index contributed by atoms with van der Waals surface area (Å²) in [6.07, 6.45) is 2.42. The van der Waals surface area contributed by atoms with E-state index in [0.717, 1.165) is 24.0 Å². The number of rotatable bonds is 6. The lowest BCUT2D eigenvalue weighted by Crippen LogP contribution is -2.42. The number of carbonyl (C=O) groups excluding carboxylic acids is 1. The minimum absolute atomic E-state index is 0.126. The van der Waals surface area contributed by atoms with Gasteiger partial charge in [0, 0.05) is 0 Å². The molecule has 0 saturated carbocycles. The fraction of sp³-hybridized carbons (Fsp3) is 0.250. The highest BCUT2D eigenvalue weighted by atomic mass is 16.5. The van der Waals surface area contributed by atoms with E-state index < -0.39 is 5.60 Å². The molecule has 30 heavy (non-hydrogen) atoms. The molecular formula is C24H22N2O4. The van der Waals surface area contributed by atoms with Crippen molar-refractivity contribution < 1.29 is 19.1 Å². The first-order chi connectivity index (χ1) is 14.6. The van der Waals surface area contributed by atoms with Gasteiger partial charge in [-0.1, -0.05) is 24.3 Å². The van der Waals surface area contributed by atoms with Crippen molar-refractivity contribution in [2.24, 2.45) is 0 Å². The van der Waals surface area contributed by atoms with E-state index in [1.54, 1.807) is 36.4 Å². The van der Waals surface area contributed by atoms with Gasteiger partial charge in [-0.15, -0.1) is 0 Å². The first-order valence-corrected chi connectivity index (χ1v) is 9.88. The van der Waals surface area contributed by atoms with E-state index in [4.69, 9.17) is 14.4 Å². The van der Waals surface area contributed by atoms with Crippen LogP contribution in [0.2, 0.25) is 0 Å². The van der Waals surface area contributed by atoms with E-state index >= 15 is 0 Å². The maximum Gasteiger partial charge on any atom is 0.287 e. The number of aryl methyl sites for hydroxylation is 1. The van der Waals surface area contributed by atoms with E-state index in [9.17, 15) is 9.90 Å². The van der Waals surface area contributed by atoms with Crippen LogP contribution in [0.5, 0.6) is 5.75 Å². The molecule has 6 nitrogen and oxygen atoms in total. The van der Waals surface area contributed by atoms with Gasteiger partial charge in [0.05, 0.1) is 18.2 Å². The van der Waals surface area contributed by atoms with Crippen molar-refractivity contribution in [1.82, 2.24) is 5.32 Å². The van der Waals surface area contributed by atoms with Crippen molar-refractivity contribution >= 4 is 5.91 Å². The van der Waals surface area contributed by atoms with Gasteiger partial charge in [0.2, 0.25) is 0 Å². The molecule has 6 heteroatoms. The Hall–Kier alpha value is -3.56. The van der Waals surface area contributed by atoms with Crippen molar-refractivity contribution in [3.8, 4) is 11.8 Å². The summed E-state index contributed by atoms with van der Waals surface area (Å²) in [5.74, 6) is 0.901. The number of aliphatic hydroxyl groups is 1. The van der Waals surface area contributed by atoms with Crippen LogP contribution in [-0.2, 0) is 18.6 Å². The second-order valence-electron chi connectivity index (χ2n) is 7.42. The van der Waals surface area contributed by atoms with Gasteiger partial charge in [0.1, 0.15) is 23.7 Å². The Morgan fingerprint density at radius 2 is 1.97 bits per heavy atom. The summed E-state index contributed by atoms with van der Waals surface area (Å²) in [7, 11) is 0. The predicted molar refractivity (Wildman–Crippen MR) is 110 cm³/mol. The topological polar surface area (TPSA) is 95.5 Å². The number of nitriles is 1. The average molecular weight is 402 g/mol. The molecule has 2 N–H and O–H groups in total. The van der Waals surface area contributed by atoms with Crippen LogP contribution in [0.25, 0.3) is 0 Å². The van der Waals surface area contributed by atoms with Crippen molar-refractivity contribution in [3.63, 3.8) is 0 Å². The maximum atomic E-state index is 12.5.